The van der Waals surface area contributed by atoms with Crippen LogP contribution in [-0.4, -0.2) is 39.6 Å². The number of hydrogen-bond acceptors (Lipinski definition) is 6. The van der Waals surface area contributed by atoms with Crippen molar-refractivity contribution in [2.75, 3.05) is 12.4 Å². The van der Waals surface area contributed by atoms with Crippen LogP contribution in [0, 0.1) is 6.92 Å². The number of aromatic nitrogens is 3. The van der Waals surface area contributed by atoms with Crippen LogP contribution < -0.4 is 5.73 Å². The van der Waals surface area contributed by atoms with Crippen molar-refractivity contribution in [2.45, 2.75) is 25.0 Å². The summed E-state index contributed by atoms with van der Waals surface area (Å²) in [5.74, 6) is 0.760. The summed E-state index contributed by atoms with van der Waals surface area (Å²) in [6.07, 6.45) is 0. The fourth-order valence-corrected chi connectivity index (χ4v) is 1.64. The molecule has 0 aliphatic carbocycles. The molecule has 0 spiro atoms. The number of esters is 1. The number of H-pyrrole nitrogens is 1. The van der Waals surface area contributed by atoms with E-state index in [4.69, 9.17) is 10.5 Å². The van der Waals surface area contributed by atoms with Crippen molar-refractivity contribution < 1.29 is 9.53 Å². The third-order valence-corrected chi connectivity index (χ3v) is 2.52. The molecule has 0 fully saturated rings. The molecule has 3 N–H and O–H groups in total. The van der Waals surface area contributed by atoms with Gasteiger partial charge in [0.1, 0.15) is 11.9 Å². The van der Waals surface area contributed by atoms with E-state index in [0.29, 0.717) is 17.5 Å². The van der Waals surface area contributed by atoms with Gasteiger partial charge in [-0.15, -0.1) is 5.10 Å². The second kappa shape index (κ2) is 5.72. The summed E-state index contributed by atoms with van der Waals surface area (Å²) in [4.78, 5) is 15.2. The first-order valence-electron chi connectivity index (χ1n) is 4.57. The van der Waals surface area contributed by atoms with Crippen LogP contribution in [0.3, 0.4) is 0 Å². The van der Waals surface area contributed by atoms with Gasteiger partial charge in [0.15, 0.2) is 0 Å². The Bertz CT molecular complexity index is 328. The molecule has 0 saturated heterocycles. The Morgan fingerprint density at radius 2 is 2.47 bits per heavy atom. The Labute approximate surface area is 92.0 Å². The Morgan fingerprint density at radius 3 is 3.00 bits per heavy atom. The molecule has 1 atom stereocenters. The minimum absolute atomic E-state index is 0.344. The third kappa shape index (κ3) is 3.88. The highest BCUT2D eigenvalue weighted by Crippen LogP contribution is 2.12. The van der Waals surface area contributed by atoms with Crippen molar-refractivity contribution in [2.24, 2.45) is 5.73 Å². The summed E-state index contributed by atoms with van der Waals surface area (Å²) in [5, 5.41) is 7.21. The zero-order chi connectivity index (χ0) is 11.3. The van der Waals surface area contributed by atoms with Gasteiger partial charge in [0.2, 0.25) is 5.16 Å². The van der Waals surface area contributed by atoms with E-state index in [-0.39, 0.29) is 0 Å². The Morgan fingerprint density at radius 1 is 1.73 bits per heavy atom. The van der Waals surface area contributed by atoms with Gasteiger partial charge in [0.25, 0.3) is 0 Å². The van der Waals surface area contributed by atoms with E-state index in [1.165, 1.54) is 11.8 Å². The lowest BCUT2D eigenvalue weighted by molar-refractivity contribution is -0.144. The Kier molecular flexibility index (Phi) is 4.57. The topological polar surface area (TPSA) is 93.9 Å². The van der Waals surface area contributed by atoms with Crippen LogP contribution in [0.5, 0.6) is 0 Å². The van der Waals surface area contributed by atoms with E-state index < -0.39 is 12.0 Å². The predicted octanol–water partition coefficient (Wildman–Crippen LogP) is 0.0956. The lowest BCUT2D eigenvalue weighted by Crippen LogP contribution is -2.34. The van der Waals surface area contributed by atoms with Crippen molar-refractivity contribution in [3.63, 3.8) is 0 Å². The number of rotatable bonds is 5. The number of hydrogen-bond donors (Lipinski definition) is 2. The highest BCUT2D eigenvalue weighted by atomic mass is 32.2. The predicted molar refractivity (Wildman–Crippen MR) is 56.5 cm³/mol. The second-order valence-corrected chi connectivity index (χ2v) is 3.86. The fourth-order valence-electron chi connectivity index (χ4n) is 0.868. The highest BCUT2D eigenvalue weighted by molar-refractivity contribution is 7.99. The highest BCUT2D eigenvalue weighted by Gasteiger charge is 2.15. The normalized spacial score (nSPS) is 12.5. The molecule has 0 bridgehead atoms. The zero-order valence-corrected chi connectivity index (χ0v) is 9.50. The molecular weight excluding hydrogens is 216 g/mol. The summed E-state index contributed by atoms with van der Waals surface area (Å²) in [6, 6.07) is -0.631. The molecule has 1 unspecified atom stereocenters. The molecule has 1 heterocycles. The van der Waals surface area contributed by atoms with Gasteiger partial charge in [0, 0.05) is 5.75 Å². The van der Waals surface area contributed by atoms with Gasteiger partial charge in [-0.2, -0.15) is 0 Å². The molecule has 0 saturated carbocycles. The molecule has 1 rings (SSSR count). The van der Waals surface area contributed by atoms with Crippen molar-refractivity contribution in [3.8, 4) is 0 Å². The number of aromatic amines is 1. The number of nitrogens with zero attached hydrogens (tertiary/aromatic N) is 2. The number of carbonyl (C=O) groups excluding carboxylic acids is 1. The average molecular weight is 230 g/mol. The summed E-state index contributed by atoms with van der Waals surface area (Å²) in [5.41, 5.74) is 5.60. The standard InChI is InChI=1S/C8H14N4O2S/c1-3-14-7(13)6(9)4-15-8-10-5(2)11-12-8/h6H,3-4,9H2,1-2H3,(H,10,11,12). The minimum atomic E-state index is -0.631. The Balaban J connectivity index is 2.33. The first-order chi connectivity index (χ1) is 7.13. The van der Waals surface area contributed by atoms with Crippen LogP contribution >= 0.6 is 11.8 Å². The van der Waals surface area contributed by atoms with Gasteiger partial charge in [-0.05, 0) is 13.8 Å². The van der Waals surface area contributed by atoms with Gasteiger partial charge in [0.05, 0.1) is 6.61 Å². The van der Waals surface area contributed by atoms with E-state index >= 15 is 0 Å². The quantitative estimate of drug-likeness (QED) is 0.550. The number of ether oxygens (including phenoxy) is 1. The molecule has 1 aromatic rings. The van der Waals surface area contributed by atoms with Crippen LogP contribution in [0.4, 0.5) is 0 Å². The van der Waals surface area contributed by atoms with Crippen LogP contribution in [0.1, 0.15) is 12.7 Å². The van der Waals surface area contributed by atoms with E-state index in [1.807, 2.05) is 6.92 Å². The molecular formula is C8H14N4O2S. The lowest BCUT2D eigenvalue weighted by atomic mass is 10.4. The van der Waals surface area contributed by atoms with Crippen LogP contribution in [0.2, 0.25) is 0 Å². The monoisotopic (exact) mass is 230 g/mol. The maximum Gasteiger partial charge on any atom is 0.323 e. The van der Waals surface area contributed by atoms with E-state index in [9.17, 15) is 4.79 Å². The van der Waals surface area contributed by atoms with E-state index in [0.717, 1.165) is 5.82 Å². The third-order valence-electron chi connectivity index (χ3n) is 1.56. The van der Waals surface area contributed by atoms with Gasteiger partial charge in [-0.25, -0.2) is 4.98 Å². The van der Waals surface area contributed by atoms with Crippen LogP contribution in [0.25, 0.3) is 0 Å². The molecule has 84 valence electrons. The number of carbonyl (C=O) groups is 1. The van der Waals surface area contributed by atoms with Crippen molar-refractivity contribution in [1.29, 1.82) is 0 Å². The molecule has 0 aliphatic heterocycles. The van der Waals surface area contributed by atoms with E-state index in [2.05, 4.69) is 15.2 Å². The second-order valence-electron chi connectivity index (χ2n) is 2.87. The maximum atomic E-state index is 11.2. The number of nitrogens with one attached hydrogen (secondary N) is 1. The fraction of sp³-hybridized carbons (Fsp3) is 0.625. The van der Waals surface area contributed by atoms with Gasteiger partial charge < -0.3 is 10.5 Å². The minimum Gasteiger partial charge on any atom is -0.465 e. The van der Waals surface area contributed by atoms with Crippen LogP contribution in [-0.2, 0) is 9.53 Å². The largest absolute Gasteiger partial charge is 0.465 e. The van der Waals surface area contributed by atoms with Crippen molar-refractivity contribution >= 4 is 17.7 Å². The van der Waals surface area contributed by atoms with Crippen LogP contribution in [0.15, 0.2) is 5.16 Å². The molecule has 6 nitrogen and oxygen atoms in total. The van der Waals surface area contributed by atoms with Gasteiger partial charge in [-0.3, -0.25) is 9.89 Å². The van der Waals surface area contributed by atoms with Gasteiger partial charge in [-0.1, -0.05) is 11.8 Å². The summed E-state index contributed by atoms with van der Waals surface area (Å²) in [6.45, 7) is 3.90. The molecule has 7 heteroatoms. The number of nitrogens with two attached hydrogens (primary N) is 1. The molecule has 0 radical (unpaired) electrons. The summed E-state index contributed by atoms with van der Waals surface area (Å²) < 4.78 is 4.77. The first kappa shape index (κ1) is 12.0. The average Bonchev–Trinajstić information content (AvgIpc) is 2.61. The summed E-state index contributed by atoms with van der Waals surface area (Å²) >= 11 is 1.32. The number of aryl methyl sites for hydroxylation is 1. The summed E-state index contributed by atoms with van der Waals surface area (Å²) in [7, 11) is 0. The van der Waals surface area contributed by atoms with Crippen molar-refractivity contribution in [1.82, 2.24) is 15.2 Å². The smallest absolute Gasteiger partial charge is 0.323 e. The van der Waals surface area contributed by atoms with Gasteiger partial charge >= 0.3 is 5.97 Å². The SMILES string of the molecule is CCOC(=O)C(N)CSc1n[nH]c(C)n1. The molecule has 0 aliphatic rings. The first-order valence-corrected chi connectivity index (χ1v) is 5.56. The number of thioether (sulfide) groups is 1. The zero-order valence-electron chi connectivity index (χ0n) is 8.69. The van der Waals surface area contributed by atoms with E-state index in [1.54, 1.807) is 6.92 Å². The molecule has 15 heavy (non-hydrogen) atoms. The maximum absolute atomic E-state index is 11.2. The Hall–Kier alpha value is -1.08. The lowest BCUT2D eigenvalue weighted by Gasteiger charge is -2.08. The molecule has 0 amide bonds. The van der Waals surface area contributed by atoms with Crippen molar-refractivity contribution in [3.05, 3.63) is 5.82 Å². The molecule has 1 aromatic heterocycles. The molecule has 0 aromatic carbocycles.